The maximum atomic E-state index is 13.0. The van der Waals surface area contributed by atoms with Gasteiger partial charge in [-0.15, -0.1) is 0 Å². The first-order chi connectivity index (χ1) is 7.34. The van der Waals surface area contributed by atoms with Crippen LogP contribution in [0.2, 0.25) is 0 Å². The highest BCUT2D eigenvalue weighted by atomic mass is 19.1. The molecule has 1 aromatic carbocycles. The van der Waals surface area contributed by atoms with Crippen LogP contribution >= 0.6 is 0 Å². The van der Waals surface area contributed by atoms with Gasteiger partial charge in [-0.05, 0) is 24.6 Å². The summed E-state index contributed by atoms with van der Waals surface area (Å²) in [6.07, 6.45) is -3.80. The third-order valence-electron chi connectivity index (χ3n) is 2.25. The second-order valence-corrected chi connectivity index (χ2v) is 3.45. The fraction of sp³-hybridized carbons (Fsp3) is 0.300. The van der Waals surface area contributed by atoms with E-state index in [1.807, 2.05) is 0 Å². The third-order valence-corrected chi connectivity index (χ3v) is 2.25. The number of aliphatic hydroxyl groups excluding tert-OH is 2. The third kappa shape index (κ3) is 2.29. The zero-order valence-electron chi connectivity index (χ0n) is 8.51. The van der Waals surface area contributed by atoms with Crippen LogP contribution in [0.25, 0.3) is 0 Å². The van der Waals surface area contributed by atoms with Crippen LogP contribution in [0.3, 0.4) is 0 Å². The summed E-state index contributed by atoms with van der Waals surface area (Å²) in [6, 6.07) is 2.05. The molecule has 0 radical (unpaired) electrons. The molecule has 0 fully saturated rings. The lowest BCUT2D eigenvalue weighted by atomic mass is 9.99. The Morgan fingerprint density at radius 2 is 2.00 bits per heavy atom. The molecule has 0 bridgehead atoms. The van der Waals surface area contributed by atoms with Crippen LogP contribution in [0.5, 0.6) is 0 Å². The van der Waals surface area contributed by atoms with Crippen molar-refractivity contribution >= 4 is 11.7 Å². The van der Waals surface area contributed by atoms with E-state index >= 15 is 0 Å². The van der Waals surface area contributed by atoms with Crippen LogP contribution < -0.4 is 5.73 Å². The first-order valence-electron chi connectivity index (χ1n) is 4.49. The molecular weight excluding hydrogens is 217 g/mol. The van der Waals surface area contributed by atoms with E-state index in [2.05, 4.69) is 0 Å². The van der Waals surface area contributed by atoms with Gasteiger partial charge in [0, 0.05) is 11.3 Å². The Hall–Kier alpha value is -1.66. The number of nitrogen functional groups attached to an aromatic ring is 1. The smallest absolute Gasteiger partial charge is 0.335 e. The molecule has 5 nitrogen and oxygen atoms in total. The molecule has 88 valence electrons. The number of rotatable bonds is 3. The maximum Gasteiger partial charge on any atom is 0.335 e. The fourth-order valence-corrected chi connectivity index (χ4v) is 1.33. The van der Waals surface area contributed by atoms with E-state index in [1.54, 1.807) is 0 Å². The number of carboxylic acids is 1. The van der Waals surface area contributed by atoms with Gasteiger partial charge in [0.2, 0.25) is 0 Å². The van der Waals surface area contributed by atoms with Gasteiger partial charge in [-0.3, -0.25) is 0 Å². The van der Waals surface area contributed by atoms with Gasteiger partial charge in [-0.2, -0.15) is 0 Å². The molecule has 0 aliphatic rings. The summed E-state index contributed by atoms with van der Waals surface area (Å²) in [4.78, 5) is 10.5. The van der Waals surface area contributed by atoms with Gasteiger partial charge in [-0.25, -0.2) is 9.18 Å². The molecule has 2 unspecified atom stereocenters. The highest BCUT2D eigenvalue weighted by molar-refractivity contribution is 5.73. The molecule has 0 aliphatic heterocycles. The Balaban J connectivity index is 3.17. The van der Waals surface area contributed by atoms with Crippen LogP contribution in [0.1, 0.15) is 17.2 Å². The van der Waals surface area contributed by atoms with Crippen LogP contribution in [-0.4, -0.2) is 27.4 Å². The number of aryl methyl sites for hydroxylation is 1. The largest absolute Gasteiger partial charge is 0.479 e. The van der Waals surface area contributed by atoms with E-state index in [0.717, 1.165) is 12.1 Å². The monoisotopic (exact) mass is 229 g/mol. The predicted molar refractivity (Wildman–Crippen MR) is 54.2 cm³/mol. The summed E-state index contributed by atoms with van der Waals surface area (Å²) in [5, 5.41) is 27.1. The molecule has 1 aromatic rings. The summed E-state index contributed by atoms with van der Waals surface area (Å²) in [6.45, 7) is 1.52. The summed E-state index contributed by atoms with van der Waals surface area (Å²) < 4.78 is 13.0. The Morgan fingerprint density at radius 1 is 1.44 bits per heavy atom. The van der Waals surface area contributed by atoms with Gasteiger partial charge in [0.1, 0.15) is 11.9 Å². The van der Waals surface area contributed by atoms with Gasteiger partial charge in [0.15, 0.2) is 6.10 Å². The molecule has 0 aromatic heterocycles. The SMILES string of the molecule is Cc1cc(F)cc(C(O)C(O)C(=O)O)c1N. The molecule has 0 saturated heterocycles. The van der Waals surface area contributed by atoms with Crippen molar-refractivity contribution in [1.82, 2.24) is 0 Å². The second-order valence-electron chi connectivity index (χ2n) is 3.45. The fourth-order valence-electron chi connectivity index (χ4n) is 1.33. The molecular formula is C10H12FNO4. The molecule has 0 heterocycles. The van der Waals surface area contributed by atoms with Crippen LogP contribution in [0, 0.1) is 12.7 Å². The van der Waals surface area contributed by atoms with Crippen LogP contribution in [0.4, 0.5) is 10.1 Å². The zero-order valence-corrected chi connectivity index (χ0v) is 8.51. The number of halogens is 1. The first-order valence-corrected chi connectivity index (χ1v) is 4.49. The summed E-state index contributed by atoms with van der Waals surface area (Å²) >= 11 is 0. The summed E-state index contributed by atoms with van der Waals surface area (Å²) in [5.74, 6) is -2.26. The standard InChI is InChI=1S/C10H12FNO4/c1-4-2-5(11)3-6(7(4)12)8(13)9(14)10(15)16/h2-3,8-9,13-14H,12H2,1H3,(H,15,16). The van der Waals surface area contributed by atoms with Crippen molar-refractivity contribution in [3.63, 3.8) is 0 Å². The van der Waals surface area contributed by atoms with Crippen molar-refractivity contribution in [2.24, 2.45) is 0 Å². The van der Waals surface area contributed by atoms with Crippen molar-refractivity contribution in [3.05, 3.63) is 29.1 Å². The highest BCUT2D eigenvalue weighted by Gasteiger charge is 2.27. The zero-order chi connectivity index (χ0) is 12.5. The van der Waals surface area contributed by atoms with Crippen molar-refractivity contribution < 1.29 is 24.5 Å². The summed E-state index contributed by atoms with van der Waals surface area (Å²) in [5.41, 5.74) is 5.86. The second kappa shape index (κ2) is 4.46. The number of carbonyl (C=O) groups is 1. The number of hydrogen-bond donors (Lipinski definition) is 4. The van der Waals surface area contributed by atoms with Crippen molar-refractivity contribution in [1.29, 1.82) is 0 Å². The van der Waals surface area contributed by atoms with E-state index in [9.17, 15) is 14.3 Å². The molecule has 5 N–H and O–H groups in total. The minimum atomic E-state index is -2.04. The number of nitrogens with two attached hydrogens (primary N) is 1. The van der Waals surface area contributed by atoms with Crippen molar-refractivity contribution in [2.75, 3.05) is 5.73 Å². The van der Waals surface area contributed by atoms with Gasteiger partial charge >= 0.3 is 5.97 Å². The van der Waals surface area contributed by atoms with Gasteiger partial charge in [0.25, 0.3) is 0 Å². The normalized spacial score (nSPS) is 14.5. The van der Waals surface area contributed by atoms with Crippen LogP contribution in [0.15, 0.2) is 12.1 Å². The van der Waals surface area contributed by atoms with Gasteiger partial charge in [0.05, 0.1) is 0 Å². The molecule has 0 amide bonds. The van der Waals surface area contributed by atoms with Gasteiger partial charge in [-0.1, -0.05) is 0 Å². The van der Waals surface area contributed by atoms with E-state index in [-0.39, 0.29) is 11.3 Å². The molecule has 2 atom stereocenters. The minimum absolute atomic E-state index is 0.0641. The lowest BCUT2D eigenvalue weighted by molar-refractivity contribution is -0.153. The minimum Gasteiger partial charge on any atom is -0.479 e. The predicted octanol–water partition coefficient (Wildman–Crippen LogP) is 0.195. The number of anilines is 1. The van der Waals surface area contributed by atoms with E-state index in [4.69, 9.17) is 15.9 Å². The Morgan fingerprint density at radius 3 is 2.50 bits per heavy atom. The topological polar surface area (TPSA) is 104 Å². The molecule has 0 aliphatic carbocycles. The Bertz CT molecular complexity index is 422. The number of benzene rings is 1. The van der Waals surface area contributed by atoms with E-state index < -0.39 is 24.0 Å². The lowest BCUT2D eigenvalue weighted by Gasteiger charge is -2.17. The summed E-state index contributed by atoms with van der Waals surface area (Å²) in [7, 11) is 0. The lowest BCUT2D eigenvalue weighted by Crippen LogP contribution is -2.28. The molecule has 0 saturated carbocycles. The number of hydrogen-bond acceptors (Lipinski definition) is 4. The Kier molecular flexibility index (Phi) is 3.46. The number of aliphatic hydroxyl groups is 2. The average molecular weight is 229 g/mol. The van der Waals surface area contributed by atoms with Gasteiger partial charge < -0.3 is 21.1 Å². The molecule has 16 heavy (non-hydrogen) atoms. The Labute approximate surface area is 90.9 Å². The quantitative estimate of drug-likeness (QED) is 0.554. The van der Waals surface area contributed by atoms with E-state index in [1.165, 1.54) is 6.92 Å². The van der Waals surface area contributed by atoms with Crippen molar-refractivity contribution in [2.45, 2.75) is 19.1 Å². The maximum absolute atomic E-state index is 13.0. The first kappa shape index (κ1) is 12.4. The molecule has 0 spiro atoms. The molecule has 1 rings (SSSR count). The van der Waals surface area contributed by atoms with Crippen molar-refractivity contribution in [3.8, 4) is 0 Å². The molecule has 6 heteroatoms. The van der Waals surface area contributed by atoms with Crippen LogP contribution in [-0.2, 0) is 4.79 Å². The number of aliphatic carboxylic acids is 1. The van der Waals surface area contributed by atoms with E-state index in [0.29, 0.717) is 5.56 Å². The number of carboxylic acid groups (broad SMARTS) is 1. The highest BCUT2D eigenvalue weighted by Crippen LogP contribution is 2.27. The average Bonchev–Trinajstić information content (AvgIpc) is 2.21.